The molecule has 6 nitrogen and oxygen atoms in total. The first-order valence-electron chi connectivity index (χ1n) is 13.3. The molecule has 0 saturated heterocycles. The number of carbonyl (C=O) groups is 1. The van der Waals surface area contributed by atoms with E-state index in [1.807, 2.05) is 43.4 Å². The molecule has 1 amide bonds. The maximum atomic E-state index is 13.0. The Bertz CT molecular complexity index is 1510. The van der Waals surface area contributed by atoms with Gasteiger partial charge in [-0.15, -0.1) is 13.2 Å². The van der Waals surface area contributed by atoms with E-state index >= 15 is 0 Å². The standard InChI is InChI=1S/C31H29ClF3N3O3/c1-36-23-11-12-24-19-5-4-6-20(15-19)25(7-2-3-8-30(39)37-27(24)17-23)28-13-9-21(18-38(28)40)26-16-22(32)10-14-29(26)41-31(33,34)35/h4-6,9-18,25,28,36,40H,2-3,7-8H2,1H3,(H,37,39). The van der Waals surface area contributed by atoms with E-state index in [0.29, 0.717) is 30.5 Å². The van der Waals surface area contributed by atoms with Crippen LogP contribution < -0.4 is 15.4 Å². The molecule has 2 aliphatic heterocycles. The van der Waals surface area contributed by atoms with Crippen molar-refractivity contribution in [1.82, 2.24) is 5.06 Å². The number of allylic oxidation sites excluding steroid dienone is 2. The van der Waals surface area contributed by atoms with Gasteiger partial charge in [-0.1, -0.05) is 60.5 Å². The van der Waals surface area contributed by atoms with Crippen molar-refractivity contribution in [3.05, 3.63) is 95.2 Å². The number of nitrogens with zero attached hydrogens (tertiary/aromatic N) is 1. The lowest BCUT2D eigenvalue weighted by atomic mass is 9.83. The number of carbonyl (C=O) groups excluding carboxylic acids is 1. The second-order valence-corrected chi connectivity index (χ2v) is 10.5. The molecule has 214 valence electrons. The summed E-state index contributed by atoms with van der Waals surface area (Å²) >= 11 is 6.09. The van der Waals surface area contributed by atoms with Gasteiger partial charge in [-0.3, -0.25) is 15.1 Å². The van der Waals surface area contributed by atoms with Crippen LogP contribution in [-0.4, -0.2) is 35.6 Å². The molecular formula is C31H29ClF3N3O3. The highest BCUT2D eigenvalue weighted by Gasteiger charge is 2.33. The molecule has 0 radical (unpaired) electrons. The molecule has 5 rings (SSSR count). The summed E-state index contributed by atoms with van der Waals surface area (Å²) in [7, 11) is 1.82. The van der Waals surface area contributed by atoms with Gasteiger partial charge in [0.2, 0.25) is 5.91 Å². The number of amides is 1. The molecule has 10 heteroatoms. The number of benzene rings is 3. The maximum absolute atomic E-state index is 13.0. The Morgan fingerprint density at radius 1 is 1.07 bits per heavy atom. The number of alkyl halides is 3. The van der Waals surface area contributed by atoms with Gasteiger partial charge >= 0.3 is 6.36 Å². The zero-order valence-electron chi connectivity index (χ0n) is 22.2. The minimum atomic E-state index is -4.88. The number of hydrogen-bond donors (Lipinski definition) is 3. The Hall–Kier alpha value is -3.95. The average Bonchev–Trinajstić information content (AvgIpc) is 2.93. The largest absolute Gasteiger partial charge is 0.573 e. The fraction of sp³-hybridized carbons (Fsp3) is 0.258. The first kappa shape index (κ1) is 28.6. The van der Waals surface area contributed by atoms with Crippen molar-refractivity contribution in [3.63, 3.8) is 0 Å². The SMILES string of the molecule is CNc1ccc2c(c1)NC(=O)CCCCC(C1C=CC(c3cc(Cl)ccc3OC(F)(F)F)=CN1O)c1cccc-2c1. The van der Waals surface area contributed by atoms with E-state index in [9.17, 15) is 23.2 Å². The molecule has 2 heterocycles. The van der Waals surface area contributed by atoms with Crippen LogP contribution in [-0.2, 0) is 4.79 Å². The number of hydroxylamine groups is 2. The van der Waals surface area contributed by atoms with Crippen molar-refractivity contribution >= 4 is 34.5 Å². The third kappa shape index (κ3) is 6.69. The first-order valence-corrected chi connectivity index (χ1v) is 13.6. The van der Waals surface area contributed by atoms with E-state index < -0.39 is 18.2 Å². The molecule has 2 unspecified atom stereocenters. The molecule has 2 bridgehead atoms. The lowest BCUT2D eigenvalue weighted by Gasteiger charge is -2.34. The highest BCUT2D eigenvalue weighted by Crippen LogP contribution is 2.40. The number of hydrogen-bond acceptors (Lipinski definition) is 5. The van der Waals surface area contributed by atoms with E-state index in [1.165, 1.54) is 18.3 Å². The molecule has 0 aromatic heterocycles. The fourth-order valence-corrected chi connectivity index (χ4v) is 5.54. The van der Waals surface area contributed by atoms with Crippen LogP contribution in [0.25, 0.3) is 16.7 Å². The molecule has 41 heavy (non-hydrogen) atoms. The Balaban J connectivity index is 1.49. The lowest BCUT2D eigenvalue weighted by molar-refractivity contribution is -0.274. The van der Waals surface area contributed by atoms with Crippen LogP contribution >= 0.6 is 11.6 Å². The Morgan fingerprint density at radius 3 is 2.66 bits per heavy atom. The highest BCUT2D eigenvalue weighted by molar-refractivity contribution is 6.30. The number of rotatable bonds is 4. The molecule has 0 fully saturated rings. The van der Waals surface area contributed by atoms with Gasteiger partial charge in [0.15, 0.2) is 0 Å². The first-order chi connectivity index (χ1) is 19.6. The third-order valence-corrected chi connectivity index (χ3v) is 7.55. The molecule has 3 aromatic carbocycles. The summed E-state index contributed by atoms with van der Waals surface area (Å²) in [5, 5.41) is 18.6. The third-order valence-electron chi connectivity index (χ3n) is 7.32. The van der Waals surface area contributed by atoms with Gasteiger partial charge in [-0.25, -0.2) is 0 Å². The van der Waals surface area contributed by atoms with Crippen molar-refractivity contribution in [2.45, 2.75) is 44.0 Å². The second kappa shape index (κ2) is 11.9. The molecule has 0 spiro atoms. The minimum absolute atomic E-state index is 0.0693. The number of fused-ring (bicyclic) bond motifs is 4. The van der Waals surface area contributed by atoms with Crippen molar-refractivity contribution in [3.8, 4) is 16.9 Å². The summed E-state index contributed by atoms with van der Waals surface area (Å²) in [4.78, 5) is 12.7. The maximum Gasteiger partial charge on any atom is 0.573 e. The predicted molar refractivity (Wildman–Crippen MR) is 154 cm³/mol. The van der Waals surface area contributed by atoms with Crippen LogP contribution in [0, 0.1) is 0 Å². The normalized spacial score (nSPS) is 19.3. The van der Waals surface area contributed by atoms with Crippen LogP contribution in [0.4, 0.5) is 24.5 Å². The molecule has 3 N–H and O–H groups in total. The summed E-state index contributed by atoms with van der Waals surface area (Å²) in [5.41, 5.74) is 4.79. The minimum Gasteiger partial charge on any atom is -0.405 e. The molecule has 3 aromatic rings. The second-order valence-electron chi connectivity index (χ2n) is 10.0. The zero-order chi connectivity index (χ0) is 29.1. The van der Waals surface area contributed by atoms with Crippen LogP contribution in [0.1, 0.15) is 42.7 Å². The topological polar surface area (TPSA) is 73.8 Å². The summed E-state index contributed by atoms with van der Waals surface area (Å²) in [5.74, 6) is -0.649. The number of halogens is 4. The summed E-state index contributed by atoms with van der Waals surface area (Å²) in [6.07, 6.45) is 2.38. The summed E-state index contributed by atoms with van der Waals surface area (Å²) in [6.45, 7) is 0. The fourth-order valence-electron chi connectivity index (χ4n) is 5.37. The highest BCUT2D eigenvalue weighted by atomic mass is 35.5. The van der Waals surface area contributed by atoms with E-state index in [0.717, 1.165) is 39.9 Å². The summed E-state index contributed by atoms with van der Waals surface area (Å²) in [6, 6.07) is 17.1. The Kier molecular flexibility index (Phi) is 8.28. The van der Waals surface area contributed by atoms with Gasteiger partial charge in [-0.2, -0.15) is 0 Å². The van der Waals surface area contributed by atoms with Crippen molar-refractivity contribution in [2.24, 2.45) is 0 Å². The van der Waals surface area contributed by atoms with Crippen molar-refractivity contribution < 1.29 is 27.9 Å². The molecular weight excluding hydrogens is 555 g/mol. The van der Waals surface area contributed by atoms with E-state index in [2.05, 4.69) is 21.4 Å². The van der Waals surface area contributed by atoms with Crippen LogP contribution in [0.2, 0.25) is 5.02 Å². The molecule has 2 atom stereocenters. The van der Waals surface area contributed by atoms with Gasteiger partial charge in [0, 0.05) is 53.0 Å². The average molecular weight is 584 g/mol. The quantitative estimate of drug-likeness (QED) is 0.289. The van der Waals surface area contributed by atoms with Crippen LogP contribution in [0.15, 0.2) is 79.0 Å². The van der Waals surface area contributed by atoms with Gasteiger partial charge < -0.3 is 15.4 Å². The van der Waals surface area contributed by atoms with Gasteiger partial charge in [-0.05, 0) is 54.3 Å². The van der Waals surface area contributed by atoms with E-state index in [4.69, 9.17) is 11.6 Å². The van der Waals surface area contributed by atoms with Crippen molar-refractivity contribution in [2.75, 3.05) is 17.7 Å². The predicted octanol–water partition coefficient (Wildman–Crippen LogP) is 8.21. The Labute approximate surface area is 241 Å². The Morgan fingerprint density at radius 2 is 1.90 bits per heavy atom. The monoisotopic (exact) mass is 583 g/mol. The van der Waals surface area contributed by atoms with Crippen LogP contribution in [0.5, 0.6) is 5.75 Å². The van der Waals surface area contributed by atoms with Crippen molar-refractivity contribution in [1.29, 1.82) is 0 Å². The molecule has 2 aliphatic rings. The lowest BCUT2D eigenvalue weighted by Crippen LogP contribution is -2.34. The smallest absolute Gasteiger partial charge is 0.405 e. The van der Waals surface area contributed by atoms with E-state index in [1.54, 1.807) is 12.2 Å². The van der Waals surface area contributed by atoms with Gasteiger partial charge in [0.05, 0.1) is 11.7 Å². The number of ether oxygens (including phenoxy) is 1. The molecule has 0 aliphatic carbocycles. The summed E-state index contributed by atoms with van der Waals surface area (Å²) < 4.78 is 43.3. The zero-order valence-corrected chi connectivity index (χ0v) is 23.0. The van der Waals surface area contributed by atoms with Gasteiger partial charge in [0.25, 0.3) is 0 Å². The van der Waals surface area contributed by atoms with E-state index in [-0.39, 0.29) is 22.4 Å². The number of anilines is 2. The van der Waals surface area contributed by atoms with Crippen LogP contribution in [0.3, 0.4) is 0 Å². The van der Waals surface area contributed by atoms with Gasteiger partial charge in [0.1, 0.15) is 5.75 Å². The molecule has 0 saturated carbocycles. The number of nitrogens with one attached hydrogen (secondary N) is 2.